The van der Waals surface area contributed by atoms with Crippen LogP contribution in [0, 0.1) is 12.7 Å². The Labute approximate surface area is 154 Å². The minimum atomic E-state index is -0.415. The molecule has 0 aliphatic heterocycles. The van der Waals surface area contributed by atoms with Gasteiger partial charge in [0.15, 0.2) is 5.82 Å². The number of hydrogen-bond donors (Lipinski definition) is 0. The van der Waals surface area contributed by atoms with Crippen molar-refractivity contribution < 1.29 is 13.9 Å². The summed E-state index contributed by atoms with van der Waals surface area (Å²) < 4.78 is 20.2. The Balaban J connectivity index is 1.72. The van der Waals surface area contributed by atoms with E-state index in [1.54, 1.807) is 44.2 Å². The number of ether oxygens (including phenoxy) is 1. The lowest BCUT2D eigenvalue weighted by Crippen LogP contribution is -2.08. The first kappa shape index (κ1) is 18.1. The van der Waals surface area contributed by atoms with Gasteiger partial charge in [-0.2, -0.15) is 5.10 Å². The van der Waals surface area contributed by atoms with E-state index in [1.165, 1.54) is 28.7 Å². The van der Waals surface area contributed by atoms with Gasteiger partial charge in [0.05, 0.1) is 18.5 Å². The van der Waals surface area contributed by atoms with Gasteiger partial charge in [0.1, 0.15) is 16.4 Å². The van der Waals surface area contributed by atoms with E-state index in [-0.39, 0.29) is 5.82 Å². The molecule has 0 saturated heterocycles. The maximum atomic E-state index is 13.6. The summed E-state index contributed by atoms with van der Waals surface area (Å²) in [6.45, 7) is 3.82. The normalized spacial score (nSPS) is 10.7. The predicted octanol–water partition coefficient (Wildman–Crippen LogP) is 3.58. The lowest BCUT2D eigenvalue weighted by molar-refractivity contribution is 0.0525. The van der Waals surface area contributed by atoms with Gasteiger partial charge in [-0.05, 0) is 37.6 Å². The van der Waals surface area contributed by atoms with Crippen LogP contribution in [-0.4, -0.2) is 32.6 Å². The second-order valence-electron chi connectivity index (χ2n) is 5.39. The number of benzene rings is 1. The van der Waals surface area contributed by atoms with Crippen LogP contribution in [-0.2, 0) is 10.5 Å². The molecule has 6 nitrogen and oxygen atoms in total. The second-order valence-corrected chi connectivity index (χ2v) is 6.38. The zero-order valence-electron chi connectivity index (χ0n) is 14.3. The topological polar surface area (TPSA) is 69.9 Å². The van der Waals surface area contributed by atoms with Crippen LogP contribution in [0.4, 0.5) is 4.39 Å². The predicted molar refractivity (Wildman–Crippen MR) is 95.8 cm³/mol. The molecule has 134 valence electrons. The van der Waals surface area contributed by atoms with Crippen molar-refractivity contribution >= 4 is 17.7 Å². The molecule has 0 radical (unpaired) electrons. The van der Waals surface area contributed by atoms with Crippen molar-refractivity contribution in [2.75, 3.05) is 6.61 Å². The third-order valence-corrected chi connectivity index (χ3v) is 4.65. The minimum absolute atomic E-state index is 0.233. The van der Waals surface area contributed by atoms with Gasteiger partial charge in [-0.15, -0.1) is 10.2 Å². The first-order chi connectivity index (χ1) is 12.6. The highest BCUT2D eigenvalue weighted by Crippen LogP contribution is 2.22. The number of halogens is 1. The maximum absolute atomic E-state index is 13.6. The fourth-order valence-electron chi connectivity index (χ4n) is 2.32. The first-order valence-electron chi connectivity index (χ1n) is 8.02. The number of esters is 1. The Kier molecular flexibility index (Phi) is 5.62. The van der Waals surface area contributed by atoms with Gasteiger partial charge in [0.2, 0.25) is 0 Å². The molecule has 2 heterocycles. The molecule has 0 atom stereocenters. The summed E-state index contributed by atoms with van der Waals surface area (Å²) in [4.78, 5) is 11.9. The third-order valence-electron chi connectivity index (χ3n) is 3.68. The molecule has 0 aliphatic carbocycles. The summed E-state index contributed by atoms with van der Waals surface area (Å²) in [6, 6.07) is 10.2. The van der Waals surface area contributed by atoms with Gasteiger partial charge in [0.25, 0.3) is 0 Å². The van der Waals surface area contributed by atoms with Crippen LogP contribution in [0.1, 0.15) is 28.5 Å². The van der Waals surface area contributed by atoms with Gasteiger partial charge >= 0.3 is 5.97 Å². The average Bonchev–Trinajstić information content (AvgIpc) is 3.03. The Bertz CT molecular complexity index is 912. The van der Waals surface area contributed by atoms with E-state index in [2.05, 4.69) is 15.3 Å². The highest BCUT2D eigenvalue weighted by molar-refractivity contribution is 7.98. The Morgan fingerprint density at radius 2 is 2.04 bits per heavy atom. The minimum Gasteiger partial charge on any atom is -0.462 e. The SMILES string of the molecule is CCOC(=O)c1cnn(-c2ccc(SCc3ccccc3F)nn2)c1C. The van der Waals surface area contributed by atoms with Gasteiger partial charge in [-0.25, -0.2) is 13.9 Å². The van der Waals surface area contributed by atoms with E-state index in [4.69, 9.17) is 4.74 Å². The Morgan fingerprint density at radius 1 is 1.23 bits per heavy atom. The maximum Gasteiger partial charge on any atom is 0.341 e. The van der Waals surface area contributed by atoms with Crippen molar-refractivity contribution in [2.45, 2.75) is 24.6 Å². The number of hydrogen-bond acceptors (Lipinski definition) is 6. The fraction of sp³-hybridized carbons (Fsp3) is 0.222. The molecule has 26 heavy (non-hydrogen) atoms. The lowest BCUT2D eigenvalue weighted by atomic mass is 10.2. The molecule has 0 saturated carbocycles. The smallest absolute Gasteiger partial charge is 0.341 e. The Hall–Kier alpha value is -2.74. The number of rotatable bonds is 6. The molecular formula is C18H17FN4O2S. The molecule has 3 rings (SSSR count). The van der Waals surface area contributed by atoms with Gasteiger partial charge < -0.3 is 4.74 Å². The van der Waals surface area contributed by atoms with E-state index in [1.807, 2.05) is 0 Å². The van der Waals surface area contributed by atoms with Crippen molar-refractivity contribution in [2.24, 2.45) is 0 Å². The highest BCUT2D eigenvalue weighted by atomic mass is 32.2. The number of carbonyl (C=O) groups is 1. The quantitative estimate of drug-likeness (QED) is 0.487. The molecule has 0 amide bonds. The van der Waals surface area contributed by atoms with Crippen LogP contribution < -0.4 is 0 Å². The largest absolute Gasteiger partial charge is 0.462 e. The summed E-state index contributed by atoms with van der Waals surface area (Å²) in [5.74, 6) is 0.312. The molecule has 2 aromatic heterocycles. The third kappa shape index (κ3) is 3.91. The summed E-state index contributed by atoms with van der Waals surface area (Å²) in [5, 5.41) is 13.1. The highest BCUT2D eigenvalue weighted by Gasteiger charge is 2.16. The summed E-state index contributed by atoms with van der Waals surface area (Å²) >= 11 is 1.40. The molecule has 0 aliphatic rings. The molecule has 0 fully saturated rings. The monoisotopic (exact) mass is 372 g/mol. The van der Waals surface area contributed by atoms with E-state index >= 15 is 0 Å². The molecule has 0 bridgehead atoms. The van der Waals surface area contributed by atoms with E-state index in [0.29, 0.717) is 40.0 Å². The number of aromatic nitrogens is 4. The van der Waals surface area contributed by atoms with Crippen molar-refractivity contribution in [3.63, 3.8) is 0 Å². The standard InChI is InChI=1S/C18H17FN4O2S/c1-3-25-18(24)14-10-20-23(12(14)2)16-8-9-17(22-21-16)26-11-13-6-4-5-7-15(13)19/h4-10H,3,11H2,1-2H3. The van der Waals surface area contributed by atoms with Crippen LogP contribution in [0.5, 0.6) is 0 Å². The van der Waals surface area contributed by atoms with Crippen LogP contribution in [0.3, 0.4) is 0 Å². The molecule has 3 aromatic rings. The molecule has 0 spiro atoms. The van der Waals surface area contributed by atoms with E-state index in [0.717, 1.165) is 0 Å². The average molecular weight is 372 g/mol. The van der Waals surface area contributed by atoms with Crippen LogP contribution in [0.15, 0.2) is 47.6 Å². The van der Waals surface area contributed by atoms with Crippen molar-refractivity contribution in [3.8, 4) is 5.82 Å². The van der Waals surface area contributed by atoms with Crippen LogP contribution in [0.25, 0.3) is 5.82 Å². The molecule has 0 unspecified atom stereocenters. The zero-order valence-corrected chi connectivity index (χ0v) is 15.2. The number of carbonyl (C=O) groups excluding carboxylic acids is 1. The van der Waals surface area contributed by atoms with Crippen LogP contribution in [0.2, 0.25) is 0 Å². The van der Waals surface area contributed by atoms with Crippen molar-refractivity contribution in [1.29, 1.82) is 0 Å². The number of thioether (sulfide) groups is 1. The van der Waals surface area contributed by atoms with E-state index < -0.39 is 5.97 Å². The van der Waals surface area contributed by atoms with Gasteiger partial charge in [0, 0.05) is 5.75 Å². The zero-order chi connectivity index (χ0) is 18.5. The van der Waals surface area contributed by atoms with Crippen molar-refractivity contribution in [1.82, 2.24) is 20.0 Å². The lowest BCUT2D eigenvalue weighted by Gasteiger charge is -2.05. The first-order valence-corrected chi connectivity index (χ1v) is 9.00. The summed E-state index contributed by atoms with van der Waals surface area (Å²) in [7, 11) is 0. The fourth-order valence-corrected chi connectivity index (χ4v) is 3.12. The molecular weight excluding hydrogens is 355 g/mol. The number of nitrogens with zero attached hydrogens (tertiary/aromatic N) is 4. The summed E-state index contributed by atoms with van der Waals surface area (Å²) in [5.41, 5.74) is 1.64. The van der Waals surface area contributed by atoms with Crippen molar-refractivity contribution in [3.05, 3.63) is 65.2 Å². The molecule has 1 aromatic carbocycles. The molecule has 8 heteroatoms. The van der Waals surface area contributed by atoms with Crippen LogP contribution >= 0.6 is 11.8 Å². The molecule has 0 N–H and O–H groups in total. The van der Waals surface area contributed by atoms with Gasteiger partial charge in [-0.1, -0.05) is 30.0 Å². The van der Waals surface area contributed by atoms with E-state index in [9.17, 15) is 9.18 Å². The second kappa shape index (κ2) is 8.09. The Morgan fingerprint density at radius 3 is 2.73 bits per heavy atom. The van der Waals surface area contributed by atoms with Gasteiger partial charge in [-0.3, -0.25) is 0 Å². The summed E-state index contributed by atoms with van der Waals surface area (Å²) in [6.07, 6.45) is 1.45.